The van der Waals surface area contributed by atoms with Gasteiger partial charge in [0.2, 0.25) is 0 Å². The molecular formula is C11H14OTi. The summed E-state index contributed by atoms with van der Waals surface area (Å²) in [6.45, 7) is 2.05. The Morgan fingerprint density at radius 1 is 1.23 bits per heavy atom. The number of benzene rings is 1. The standard InChI is InChI=1S/C11H14O.Ti/c1-2-11(12)7-9-5-3-4-6-10(9)8-11;/h3-6,12H,2,7-8H2,1H3;. The molecule has 0 spiro atoms. The summed E-state index contributed by atoms with van der Waals surface area (Å²) >= 11 is 0. The van der Waals surface area contributed by atoms with Crippen LogP contribution in [0.4, 0.5) is 0 Å². The van der Waals surface area contributed by atoms with E-state index in [4.69, 9.17) is 0 Å². The molecule has 0 heterocycles. The van der Waals surface area contributed by atoms with E-state index >= 15 is 0 Å². The van der Waals surface area contributed by atoms with Crippen molar-refractivity contribution in [1.82, 2.24) is 0 Å². The van der Waals surface area contributed by atoms with E-state index in [1.54, 1.807) is 0 Å². The Bertz CT molecular complexity index is 271. The molecule has 0 bridgehead atoms. The van der Waals surface area contributed by atoms with Crippen LogP contribution in [0.25, 0.3) is 0 Å². The Labute approximate surface area is 94.1 Å². The zero-order chi connectivity index (χ0) is 8.60. The molecule has 13 heavy (non-hydrogen) atoms. The number of rotatable bonds is 1. The minimum absolute atomic E-state index is 0. The van der Waals surface area contributed by atoms with E-state index in [1.807, 2.05) is 19.1 Å². The summed E-state index contributed by atoms with van der Waals surface area (Å²) in [5.41, 5.74) is 2.19. The summed E-state index contributed by atoms with van der Waals surface area (Å²) in [4.78, 5) is 0. The van der Waals surface area contributed by atoms with Crippen LogP contribution in [-0.4, -0.2) is 10.7 Å². The van der Waals surface area contributed by atoms with E-state index in [0.29, 0.717) is 0 Å². The predicted molar refractivity (Wildman–Crippen MR) is 49.1 cm³/mol. The van der Waals surface area contributed by atoms with Crippen LogP contribution < -0.4 is 0 Å². The molecule has 0 unspecified atom stereocenters. The first kappa shape index (κ1) is 11.0. The molecule has 0 aliphatic heterocycles. The Morgan fingerprint density at radius 2 is 1.69 bits per heavy atom. The van der Waals surface area contributed by atoms with Gasteiger partial charge in [0.15, 0.2) is 0 Å². The van der Waals surface area contributed by atoms with E-state index in [2.05, 4.69) is 12.1 Å². The average Bonchev–Trinajstić information content (AvgIpc) is 2.42. The van der Waals surface area contributed by atoms with Crippen molar-refractivity contribution in [2.24, 2.45) is 0 Å². The van der Waals surface area contributed by atoms with Gasteiger partial charge in [-0.3, -0.25) is 0 Å². The Hall–Kier alpha value is -0.106. The first-order chi connectivity index (χ1) is 5.73. The van der Waals surface area contributed by atoms with Crippen molar-refractivity contribution >= 4 is 0 Å². The van der Waals surface area contributed by atoms with Gasteiger partial charge >= 0.3 is 0 Å². The second-order valence-corrected chi connectivity index (χ2v) is 3.70. The van der Waals surface area contributed by atoms with Gasteiger partial charge in [-0.05, 0) is 17.5 Å². The molecule has 1 N–H and O–H groups in total. The first-order valence-corrected chi connectivity index (χ1v) is 4.53. The number of aliphatic hydroxyl groups is 1. The van der Waals surface area contributed by atoms with Crippen LogP contribution in [0.1, 0.15) is 24.5 Å². The van der Waals surface area contributed by atoms with Crippen molar-refractivity contribution in [2.75, 3.05) is 0 Å². The van der Waals surface area contributed by atoms with Gasteiger partial charge in [0, 0.05) is 34.6 Å². The van der Waals surface area contributed by atoms with Crippen molar-refractivity contribution in [3.05, 3.63) is 35.4 Å². The van der Waals surface area contributed by atoms with Crippen LogP contribution in [0.2, 0.25) is 0 Å². The Balaban J connectivity index is 0.000000845. The Kier molecular flexibility index (Phi) is 3.34. The van der Waals surface area contributed by atoms with E-state index in [-0.39, 0.29) is 21.7 Å². The maximum atomic E-state index is 10.0. The van der Waals surface area contributed by atoms with Gasteiger partial charge < -0.3 is 5.11 Å². The molecule has 0 aromatic heterocycles. The van der Waals surface area contributed by atoms with Crippen LogP contribution in [-0.2, 0) is 34.6 Å². The molecule has 2 rings (SSSR count). The number of hydrogen-bond donors (Lipinski definition) is 1. The molecule has 0 fully saturated rings. The monoisotopic (exact) mass is 210 g/mol. The van der Waals surface area contributed by atoms with Crippen molar-refractivity contribution in [3.8, 4) is 0 Å². The summed E-state index contributed by atoms with van der Waals surface area (Å²) in [6, 6.07) is 8.31. The summed E-state index contributed by atoms with van der Waals surface area (Å²) in [6.07, 6.45) is 2.51. The predicted octanol–water partition coefficient (Wildman–Crippen LogP) is 1.92. The van der Waals surface area contributed by atoms with Gasteiger partial charge in [0.1, 0.15) is 0 Å². The van der Waals surface area contributed by atoms with Gasteiger partial charge in [-0.25, -0.2) is 0 Å². The average molecular weight is 210 g/mol. The fraction of sp³-hybridized carbons (Fsp3) is 0.455. The second-order valence-electron chi connectivity index (χ2n) is 3.70. The zero-order valence-electron chi connectivity index (χ0n) is 7.88. The molecule has 0 atom stereocenters. The minimum Gasteiger partial charge on any atom is -0.389 e. The molecule has 2 heteroatoms. The van der Waals surface area contributed by atoms with Gasteiger partial charge in [-0.15, -0.1) is 0 Å². The van der Waals surface area contributed by atoms with Crippen molar-refractivity contribution in [3.63, 3.8) is 0 Å². The molecule has 1 nitrogen and oxygen atoms in total. The third-order valence-corrected chi connectivity index (χ3v) is 2.82. The van der Waals surface area contributed by atoms with Gasteiger partial charge in [0.25, 0.3) is 0 Å². The van der Waals surface area contributed by atoms with Crippen LogP contribution in [0.15, 0.2) is 24.3 Å². The van der Waals surface area contributed by atoms with Crippen LogP contribution in [0.3, 0.4) is 0 Å². The SMILES string of the molecule is CCC1(O)Cc2ccccc2C1.[Ti]. The minimum atomic E-state index is -0.455. The summed E-state index contributed by atoms with van der Waals surface area (Å²) in [7, 11) is 0. The number of fused-ring (bicyclic) bond motifs is 1. The van der Waals surface area contributed by atoms with Gasteiger partial charge in [-0.2, -0.15) is 0 Å². The zero-order valence-corrected chi connectivity index (χ0v) is 9.44. The molecule has 0 amide bonds. The molecule has 0 radical (unpaired) electrons. The van der Waals surface area contributed by atoms with E-state index in [0.717, 1.165) is 19.3 Å². The van der Waals surface area contributed by atoms with Crippen molar-refractivity contribution in [2.45, 2.75) is 31.8 Å². The molecule has 0 saturated heterocycles. The molecule has 1 aromatic rings. The summed E-state index contributed by atoms with van der Waals surface area (Å²) < 4.78 is 0. The summed E-state index contributed by atoms with van der Waals surface area (Å²) in [5, 5.41) is 10.0. The van der Waals surface area contributed by atoms with E-state index in [9.17, 15) is 5.11 Å². The summed E-state index contributed by atoms with van der Waals surface area (Å²) in [5.74, 6) is 0. The van der Waals surface area contributed by atoms with Gasteiger partial charge in [0.05, 0.1) is 5.60 Å². The van der Waals surface area contributed by atoms with Crippen LogP contribution in [0, 0.1) is 0 Å². The quantitative estimate of drug-likeness (QED) is 0.702. The van der Waals surface area contributed by atoms with E-state index < -0.39 is 5.60 Å². The first-order valence-electron chi connectivity index (χ1n) is 4.53. The smallest absolute Gasteiger partial charge is 0.0725 e. The molecule has 1 aliphatic rings. The van der Waals surface area contributed by atoms with Crippen molar-refractivity contribution in [1.29, 1.82) is 0 Å². The molecular weight excluding hydrogens is 196 g/mol. The third kappa shape index (κ3) is 2.04. The van der Waals surface area contributed by atoms with Crippen LogP contribution in [0.5, 0.6) is 0 Å². The second kappa shape index (κ2) is 3.95. The third-order valence-electron chi connectivity index (χ3n) is 2.82. The van der Waals surface area contributed by atoms with Crippen molar-refractivity contribution < 1.29 is 26.8 Å². The maximum absolute atomic E-state index is 10.0. The molecule has 1 aromatic carbocycles. The molecule has 0 saturated carbocycles. The molecule has 1 aliphatic carbocycles. The fourth-order valence-electron chi connectivity index (χ4n) is 1.92. The van der Waals surface area contributed by atoms with E-state index in [1.165, 1.54) is 11.1 Å². The topological polar surface area (TPSA) is 20.2 Å². The van der Waals surface area contributed by atoms with Gasteiger partial charge in [-0.1, -0.05) is 31.2 Å². The van der Waals surface area contributed by atoms with Crippen LogP contribution >= 0.6 is 0 Å². The maximum Gasteiger partial charge on any atom is 0.0725 e. The largest absolute Gasteiger partial charge is 0.389 e. The number of hydrogen-bond acceptors (Lipinski definition) is 1. The normalized spacial score (nSPS) is 17.7. The fourth-order valence-corrected chi connectivity index (χ4v) is 1.92. The molecule has 68 valence electrons. The Morgan fingerprint density at radius 3 is 2.08 bits per heavy atom.